The second-order valence-electron chi connectivity index (χ2n) is 10.6. The van der Waals surface area contributed by atoms with Gasteiger partial charge in [0, 0.05) is 50.9 Å². The molecule has 2 aromatic rings. The standard InChI is InChI=1S/C30H43N3O4/c1-22-17-27(10-7-26(22)20-33-14-13-31-23(2)19-33)32(3)30(35)25-8-11-28(12-9-25)37-29-6-4-5-24(18-29)21-36-16-15-34/h4-7,10,17-18,23,25,28,31,34H,8-9,11-16,19-21H2,1-3H3/t23-,25?,28?/m0/s1. The minimum absolute atomic E-state index is 0.0223. The van der Waals surface area contributed by atoms with Gasteiger partial charge in [0.1, 0.15) is 5.75 Å². The van der Waals surface area contributed by atoms with Crippen molar-refractivity contribution in [3.63, 3.8) is 0 Å². The van der Waals surface area contributed by atoms with Gasteiger partial charge >= 0.3 is 0 Å². The van der Waals surface area contributed by atoms with Gasteiger partial charge in [0.2, 0.25) is 5.91 Å². The van der Waals surface area contributed by atoms with Crippen molar-refractivity contribution in [2.24, 2.45) is 5.92 Å². The molecular weight excluding hydrogens is 466 g/mol. The summed E-state index contributed by atoms with van der Waals surface area (Å²) in [4.78, 5) is 17.7. The van der Waals surface area contributed by atoms with Gasteiger partial charge in [-0.15, -0.1) is 0 Å². The van der Waals surface area contributed by atoms with Crippen LogP contribution >= 0.6 is 0 Å². The number of ether oxygens (including phenoxy) is 2. The van der Waals surface area contributed by atoms with Gasteiger partial charge in [-0.2, -0.15) is 0 Å². The van der Waals surface area contributed by atoms with Crippen LogP contribution in [0.5, 0.6) is 5.75 Å². The first-order valence-corrected chi connectivity index (χ1v) is 13.7. The van der Waals surface area contributed by atoms with E-state index < -0.39 is 0 Å². The summed E-state index contributed by atoms with van der Waals surface area (Å²) < 4.78 is 11.6. The van der Waals surface area contributed by atoms with Gasteiger partial charge in [-0.25, -0.2) is 0 Å². The highest BCUT2D eigenvalue weighted by Crippen LogP contribution is 2.31. The number of nitrogens with one attached hydrogen (secondary N) is 1. The van der Waals surface area contributed by atoms with Gasteiger partial charge in [0.25, 0.3) is 0 Å². The molecule has 2 aliphatic rings. The maximum Gasteiger partial charge on any atom is 0.229 e. The highest BCUT2D eigenvalue weighted by molar-refractivity contribution is 5.94. The van der Waals surface area contributed by atoms with Crippen LogP contribution < -0.4 is 15.0 Å². The number of aliphatic hydroxyl groups excluding tert-OH is 1. The number of anilines is 1. The van der Waals surface area contributed by atoms with Gasteiger partial charge in [-0.1, -0.05) is 18.2 Å². The number of carbonyl (C=O) groups is 1. The molecule has 4 rings (SSSR count). The van der Waals surface area contributed by atoms with Crippen LogP contribution in [0, 0.1) is 12.8 Å². The quantitative estimate of drug-likeness (QED) is 0.474. The van der Waals surface area contributed by atoms with E-state index in [-0.39, 0.29) is 24.5 Å². The Kier molecular flexibility index (Phi) is 9.97. The Morgan fingerprint density at radius 3 is 2.70 bits per heavy atom. The maximum absolute atomic E-state index is 13.3. The first-order chi connectivity index (χ1) is 17.9. The molecular formula is C30H43N3O4. The average Bonchev–Trinajstić information content (AvgIpc) is 2.90. The fourth-order valence-corrected chi connectivity index (χ4v) is 5.45. The molecule has 0 unspecified atom stereocenters. The fraction of sp³-hybridized carbons (Fsp3) is 0.567. The third kappa shape index (κ3) is 7.77. The lowest BCUT2D eigenvalue weighted by molar-refractivity contribution is -0.123. The number of piperazine rings is 1. The number of nitrogens with zero attached hydrogens (tertiary/aromatic N) is 2. The highest BCUT2D eigenvalue weighted by atomic mass is 16.5. The number of aliphatic hydroxyl groups is 1. The van der Waals surface area contributed by atoms with Crippen molar-refractivity contribution in [3.05, 3.63) is 59.2 Å². The van der Waals surface area contributed by atoms with Crippen LogP contribution in [0.25, 0.3) is 0 Å². The third-order valence-electron chi connectivity index (χ3n) is 7.62. The Hall–Kier alpha value is -2.45. The van der Waals surface area contributed by atoms with Gasteiger partial charge < -0.3 is 24.8 Å². The largest absolute Gasteiger partial charge is 0.490 e. The summed E-state index contributed by atoms with van der Waals surface area (Å²) in [6, 6.07) is 14.9. The average molecular weight is 510 g/mol. The Labute approximate surface area is 221 Å². The summed E-state index contributed by atoms with van der Waals surface area (Å²) in [5.74, 6) is 1.07. The van der Waals surface area contributed by atoms with E-state index in [0.29, 0.717) is 19.3 Å². The highest BCUT2D eigenvalue weighted by Gasteiger charge is 2.30. The molecule has 1 aliphatic carbocycles. The van der Waals surface area contributed by atoms with E-state index in [2.05, 4.69) is 42.3 Å². The van der Waals surface area contributed by atoms with Crippen molar-refractivity contribution in [1.29, 1.82) is 0 Å². The molecule has 37 heavy (non-hydrogen) atoms. The summed E-state index contributed by atoms with van der Waals surface area (Å²) in [5, 5.41) is 12.4. The van der Waals surface area contributed by atoms with Crippen molar-refractivity contribution in [2.45, 2.75) is 64.8 Å². The summed E-state index contributed by atoms with van der Waals surface area (Å²) in [7, 11) is 1.90. The molecule has 1 atom stereocenters. The monoisotopic (exact) mass is 509 g/mol. The van der Waals surface area contributed by atoms with Crippen molar-refractivity contribution in [2.75, 3.05) is 44.8 Å². The molecule has 202 valence electrons. The second-order valence-corrected chi connectivity index (χ2v) is 10.6. The van der Waals surface area contributed by atoms with Gasteiger partial charge in [0.15, 0.2) is 0 Å². The topological polar surface area (TPSA) is 74.3 Å². The predicted molar refractivity (Wildman–Crippen MR) is 147 cm³/mol. The number of benzene rings is 2. The predicted octanol–water partition coefficient (Wildman–Crippen LogP) is 3.90. The zero-order valence-electron chi connectivity index (χ0n) is 22.6. The normalized spacial score (nSPS) is 22.5. The first-order valence-electron chi connectivity index (χ1n) is 13.7. The Bertz CT molecular complexity index is 1020. The minimum atomic E-state index is 0.0223. The molecule has 2 fully saturated rings. The molecule has 1 saturated heterocycles. The van der Waals surface area contributed by atoms with E-state index in [9.17, 15) is 4.79 Å². The minimum Gasteiger partial charge on any atom is -0.490 e. The first kappa shape index (κ1) is 27.6. The number of hydrogen-bond donors (Lipinski definition) is 2. The molecule has 1 saturated carbocycles. The molecule has 1 amide bonds. The summed E-state index contributed by atoms with van der Waals surface area (Å²) in [6.07, 6.45) is 3.54. The molecule has 1 heterocycles. The van der Waals surface area contributed by atoms with E-state index in [1.54, 1.807) is 0 Å². The van der Waals surface area contributed by atoms with Crippen molar-refractivity contribution < 1.29 is 19.4 Å². The molecule has 7 heteroatoms. The summed E-state index contributed by atoms with van der Waals surface area (Å²) in [6.45, 7) is 9.33. The fourth-order valence-electron chi connectivity index (χ4n) is 5.45. The van der Waals surface area contributed by atoms with Crippen LogP contribution in [-0.4, -0.2) is 68.0 Å². The number of carbonyl (C=O) groups excluding carboxylic acids is 1. The number of hydrogen-bond acceptors (Lipinski definition) is 6. The van der Waals surface area contributed by atoms with Crippen LogP contribution in [0.4, 0.5) is 5.69 Å². The van der Waals surface area contributed by atoms with Crippen LogP contribution in [0.15, 0.2) is 42.5 Å². The number of aryl methyl sites for hydroxylation is 1. The molecule has 0 spiro atoms. The third-order valence-corrected chi connectivity index (χ3v) is 7.62. The lowest BCUT2D eigenvalue weighted by atomic mass is 9.86. The Morgan fingerprint density at radius 1 is 1.16 bits per heavy atom. The van der Waals surface area contributed by atoms with Crippen LogP contribution in [0.3, 0.4) is 0 Å². The molecule has 7 nitrogen and oxygen atoms in total. The van der Waals surface area contributed by atoms with Gasteiger partial charge in [-0.3, -0.25) is 9.69 Å². The Balaban J connectivity index is 1.27. The van der Waals surface area contributed by atoms with Crippen molar-refractivity contribution in [1.82, 2.24) is 10.2 Å². The zero-order chi connectivity index (χ0) is 26.2. The second kappa shape index (κ2) is 13.4. The molecule has 0 aromatic heterocycles. The molecule has 2 N–H and O–H groups in total. The van der Waals surface area contributed by atoms with Crippen LogP contribution in [0.2, 0.25) is 0 Å². The van der Waals surface area contributed by atoms with E-state index >= 15 is 0 Å². The molecule has 2 aromatic carbocycles. The SMILES string of the molecule is Cc1cc(N(C)C(=O)C2CCC(Oc3cccc(COCCO)c3)CC2)ccc1CN1CCN[C@@H](C)C1. The molecule has 0 radical (unpaired) electrons. The van der Waals surface area contributed by atoms with Crippen molar-refractivity contribution >= 4 is 11.6 Å². The van der Waals surface area contributed by atoms with E-state index in [1.807, 2.05) is 36.2 Å². The lowest BCUT2D eigenvalue weighted by Gasteiger charge is -2.32. The van der Waals surface area contributed by atoms with Gasteiger partial charge in [0.05, 0.1) is 25.9 Å². The number of rotatable bonds is 10. The molecule has 0 bridgehead atoms. The van der Waals surface area contributed by atoms with Crippen LogP contribution in [-0.2, 0) is 22.7 Å². The zero-order valence-corrected chi connectivity index (χ0v) is 22.6. The van der Waals surface area contributed by atoms with Gasteiger partial charge in [-0.05, 0) is 80.5 Å². The van der Waals surface area contributed by atoms with E-state index in [4.69, 9.17) is 14.6 Å². The molecule has 1 aliphatic heterocycles. The summed E-state index contributed by atoms with van der Waals surface area (Å²) in [5.41, 5.74) is 4.57. The summed E-state index contributed by atoms with van der Waals surface area (Å²) >= 11 is 0. The van der Waals surface area contributed by atoms with E-state index in [0.717, 1.165) is 68.9 Å². The number of amides is 1. The van der Waals surface area contributed by atoms with Crippen LogP contribution in [0.1, 0.15) is 49.3 Å². The smallest absolute Gasteiger partial charge is 0.229 e. The maximum atomic E-state index is 13.3. The lowest BCUT2D eigenvalue weighted by Crippen LogP contribution is -2.48. The van der Waals surface area contributed by atoms with E-state index in [1.165, 1.54) is 11.1 Å². The Morgan fingerprint density at radius 2 is 1.97 bits per heavy atom. The van der Waals surface area contributed by atoms with Crippen molar-refractivity contribution in [3.8, 4) is 5.75 Å².